The number of aryl methyl sites for hydroxylation is 1. The van der Waals surface area contributed by atoms with Crippen LogP contribution in [0, 0.1) is 11.6 Å². The van der Waals surface area contributed by atoms with Gasteiger partial charge in [-0.1, -0.05) is 15.9 Å². The molecule has 0 spiro atoms. The van der Waals surface area contributed by atoms with Crippen molar-refractivity contribution in [2.24, 2.45) is 5.84 Å². The molecule has 0 aliphatic carbocycles. The third-order valence-corrected chi connectivity index (χ3v) is 4.48. The van der Waals surface area contributed by atoms with Gasteiger partial charge in [0.1, 0.15) is 24.0 Å². The summed E-state index contributed by atoms with van der Waals surface area (Å²) in [6.45, 7) is 0.377. The highest BCUT2D eigenvalue weighted by atomic mass is 79.9. The fourth-order valence-electron chi connectivity index (χ4n) is 2.89. The number of nitrogens with zero attached hydrogens (tertiary/aromatic N) is 1. The summed E-state index contributed by atoms with van der Waals surface area (Å²) in [5.41, 5.74) is 3.04. The van der Waals surface area contributed by atoms with Crippen LogP contribution in [0.25, 0.3) is 5.70 Å². The first-order valence-electron chi connectivity index (χ1n) is 7.53. The van der Waals surface area contributed by atoms with Crippen LogP contribution in [0.1, 0.15) is 17.5 Å². The number of benzene rings is 2. The Hall–Kier alpha value is -1.92. The van der Waals surface area contributed by atoms with Crippen LogP contribution >= 0.6 is 15.9 Å². The number of ether oxygens (including phenoxy) is 1. The smallest absolute Gasteiger partial charge is 0.129 e. The average Bonchev–Trinajstić information content (AvgIpc) is 2.54. The molecular weight excluding hydrogens is 378 g/mol. The second-order valence-electron chi connectivity index (χ2n) is 5.73. The zero-order chi connectivity index (χ0) is 17.3. The van der Waals surface area contributed by atoms with Crippen LogP contribution in [-0.2, 0) is 6.42 Å². The first-order chi connectivity index (χ1) is 11.5. The fourth-order valence-corrected chi connectivity index (χ4v) is 3.25. The monoisotopic (exact) mass is 394 g/mol. The summed E-state index contributed by atoms with van der Waals surface area (Å²) in [6, 6.07) is 9.23. The van der Waals surface area contributed by atoms with Crippen LogP contribution < -0.4 is 10.6 Å². The van der Waals surface area contributed by atoms with E-state index >= 15 is 0 Å². The SMILES string of the molecule is CN(N)C1=C(CCc2cc(F)ccc2F)COc2ccc(Br)cc21. The maximum Gasteiger partial charge on any atom is 0.129 e. The van der Waals surface area contributed by atoms with Crippen molar-refractivity contribution in [3.63, 3.8) is 0 Å². The third kappa shape index (κ3) is 3.44. The molecule has 2 aromatic carbocycles. The highest BCUT2D eigenvalue weighted by molar-refractivity contribution is 9.10. The minimum atomic E-state index is -0.439. The normalized spacial score (nSPS) is 13.5. The van der Waals surface area contributed by atoms with Crippen molar-refractivity contribution >= 4 is 21.6 Å². The summed E-state index contributed by atoms with van der Waals surface area (Å²) in [5.74, 6) is 5.93. The van der Waals surface area contributed by atoms with Gasteiger partial charge in [0.05, 0.1) is 5.70 Å². The summed E-state index contributed by atoms with van der Waals surface area (Å²) in [4.78, 5) is 0. The fraction of sp³-hybridized carbons (Fsp3) is 0.222. The summed E-state index contributed by atoms with van der Waals surface area (Å²) in [7, 11) is 1.76. The van der Waals surface area contributed by atoms with Crippen molar-refractivity contribution in [2.75, 3.05) is 13.7 Å². The molecule has 0 amide bonds. The van der Waals surface area contributed by atoms with Crippen LogP contribution in [0.2, 0.25) is 0 Å². The zero-order valence-corrected chi connectivity index (χ0v) is 14.7. The topological polar surface area (TPSA) is 38.5 Å². The molecule has 126 valence electrons. The van der Waals surface area contributed by atoms with E-state index in [9.17, 15) is 8.78 Å². The molecule has 0 saturated carbocycles. The molecular formula is C18H17BrF2N2O. The number of hydrogen-bond donors (Lipinski definition) is 1. The summed E-state index contributed by atoms with van der Waals surface area (Å²) >= 11 is 3.45. The molecule has 2 N–H and O–H groups in total. The Labute approximate surface area is 147 Å². The van der Waals surface area contributed by atoms with E-state index in [1.165, 1.54) is 6.07 Å². The zero-order valence-electron chi connectivity index (χ0n) is 13.2. The molecule has 3 nitrogen and oxygen atoms in total. The van der Waals surface area contributed by atoms with Gasteiger partial charge in [-0.2, -0.15) is 0 Å². The Morgan fingerprint density at radius 2 is 1.96 bits per heavy atom. The number of nitrogens with two attached hydrogens (primary N) is 1. The second kappa shape index (κ2) is 6.91. The van der Waals surface area contributed by atoms with Crippen molar-refractivity contribution < 1.29 is 13.5 Å². The minimum absolute atomic E-state index is 0.349. The summed E-state index contributed by atoms with van der Waals surface area (Å²) < 4.78 is 33.8. The van der Waals surface area contributed by atoms with Gasteiger partial charge in [-0.3, -0.25) is 0 Å². The summed E-state index contributed by atoms with van der Waals surface area (Å²) in [6.07, 6.45) is 0.909. The van der Waals surface area contributed by atoms with Crippen molar-refractivity contribution in [1.82, 2.24) is 5.01 Å². The third-order valence-electron chi connectivity index (χ3n) is 3.99. The number of rotatable bonds is 4. The largest absolute Gasteiger partial charge is 0.488 e. The first kappa shape index (κ1) is 16.9. The molecule has 1 aliphatic heterocycles. The molecule has 0 saturated heterocycles. The maximum absolute atomic E-state index is 13.8. The molecule has 0 bridgehead atoms. The lowest BCUT2D eigenvalue weighted by Crippen LogP contribution is -2.29. The number of fused-ring (bicyclic) bond motifs is 1. The van der Waals surface area contributed by atoms with Crippen molar-refractivity contribution in [3.05, 3.63) is 69.2 Å². The molecule has 1 aliphatic rings. The molecule has 0 atom stereocenters. The van der Waals surface area contributed by atoms with Crippen LogP contribution in [0.5, 0.6) is 5.75 Å². The van der Waals surface area contributed by atoms with Gasteiger partial charge >= 0.3 is 0 Å². The molecule has 0 fully saturated rings. The van der Waals surface area contributed by atoms with Gasteiger partial charge in [-0.05, 0) is 60.4 Å². The molecule has 2 aromatic rings. The van der Waals surface area contributed by atoms with E-state index in [4.69, 9.17) is 10.6 Å². The van der Waals surface area contributed by atoms with E-state index in [2.05, 4.69) is 15.9 Å². The van der Waals surface area contributed by atoms with E-state index in [0.717, 1.165) is 39.2 Å². The van der Waals surface area contributed by atoms with E-state index in [1.54, 1.807) is 12.1 Å². The number of halogens is 3. The Morgan fingerprint density at radius 1 is 1.17 bits per heavy atom. The quantitative estimate of drug-likeness (QED) is 0.621. The lowest BCUT2D eigenvalue weighted by molar-refractivity contribution is 0.331. The lowest BCUT2D eigenvalue weighted by atomic mass is 9.97. The van der Waals surface area contributed by atoms with Crippen LogP contribution in [0.3, 0.4) is 0 Å². The van der Waals surface area contributed by atoms with Gasteiger partial charge in [-0.15, -0.1) is 0 Å². The Bertz CT molecular complexity index is 806. The highest BCUT2D eigenvalue weighted by Gasteiger charge is 2.22. The molecule has 0 aromatic heterocycles. The second-order valence-corrected chi connectivity index (χ2v) is 6.64. The summed E-state index contributed by atoms with van der Waals surface area (Å²) in [5, 5.41) is 1.55. The Balaban J connectivity index is 1.93. The van der Waals surface area contributed by atoms with E-state index in [1.807, 2.05) is 18.2 Å². The molecule has 6 heteroatoms. The van der Waals surface area contributed by atoms with Crippen molar-refractivity contribution in [3.8, 4) is 5.75 Å². The molecule has 0 radical (unpaired) electrons. The molecule has 1 heterocycles. The predicted molar refractivity (Wildman–Crippen MR) is 93.2 cm³/mol. The van der Waals surface area contributed by atoms with Crippen molar-refractivity contribution in [1.29, 1.82) is 0 Å². The van der Waals surface area contributed by atoms with Gasteiger partial charge in [-0.25, -0.2) is 14.6 Å². The maximum atomic E-state index is 13.8. The van der Waals surface area contributed by atoms with Crippen LogP contribution in [0.15, 0.2) is 46.4 Å². The highest BCUT2D eigenvalue weighted by Crippen LogP contribution is 2.37. The van der Waals surface area contributed by atoms with Gasteiger partial charge in [0, 0.05) is 17.1 Å². The van der Waals surface area contributed by atoms with Gasteiger partial charge in [0.15, 0.2) is 0 Å². The van der Waals surface area contributed by atoms with Gasteiger partial charge in [0.2, 0.25) is 0 Å². The molecule has 0 unspecified atom stereocenters. The Kier molecular flexibility index (Phi) is 4.87. The lowest BCUT2D eigenvalue weighted by Gasteiger charge is -2.28. The van der Waals surface area contributed by atoms with E-state index in [0.29, 0.717) is 25.0 Å². The standard InChI is InChI=1S/C18H17BrF2N2O/c1-23(22)18-12(3-2-11-8-14(20)5-6-16(11)21)10-24-17-7-4-13(19)9-15(17)18/h4-9H,2-3,10,22H2,1H3. The molecule has 24 heavy (non-hydrogen) atoms. The number of hydrazine groups is 1. The van der Waals surface area contributed by atoms with E-state index in [-0.39, 0.29) is 0 Å². The van der Waals surface area contributed by atoms with Crippen molar-refractivity contribution in [2.45, 2.75) is 12.8 Å². The van der Waals surface area contributed by atoms with Gasteiger partial charge in [0.25, 0.3) is 0 Å². The Morgan fingerprint density at radius 3 is 2.71 bits per heavy atom. The minimum Gasteiger partial charge on any atom is -0.488 e. The first-order valence-corrected chi connectivity index (χ1v) is 8.32. The van der Waals surface area contributed by atoms with Gasteiger partial charge < -0.3 is 9.75 Å². The predicted octanol–water partition coefficient (Wildman–Crippen LogP) is 4.27. The number of hydrogen-bond acceptors (Lipinski definition) is 3. The van der Waals surface area contributed by atoms with Crippen LogP contribution in [-0.4, -0.2) is 18.7 Å². The molecule has 3 rings (SSSR count). The average molecular weight is 395 g/mol. The van der Waals surface area contributed by atoms with E-state index < -0.39 is 11.6 Å². The van der Waals surface area contributed by atoms with Crippen LogP contribution in [0.4, 0.5) is 8.78 Å².